The summed E-state index contributed by atoms with van der Waals surface area (Å²) in [6.07, 6.45) is 5.41. The number of aromatic nitrogens is 3. The number of anilines is 2. The molecule has 1 unspecified atom stereocenters. The number of aryl methyl sites for hydroxylation is 1. The minimum atomic E-state index is 0.342. The molecule has 5 nitrogen and oxygen atoms in total. The zero-order valence-corrected chi connectivity index (χ0v) is 11.6. The molecule has 20 heavy (non-hydrogen) atoms. The van der Waals surface area contributed by atoms with Crippen molar-refractivity contribution >= 4 is 11.6 Å². The molecule has 0 aliphatic carbocycles. The molecule has 104 valence electrons. The molecule has 0 spiro atoms. The fourth-order valence-electron chi connectivity index (χ4n) is 2.51. The van der Waals surface area contributed by atoms with Crippen molar-refractivity contribution in [2.24, 2.45) is 0 Å². The van der Waals surface area contributed by atoms with Crippen LogP contribution in [0.3, 0.4) is 0 Å². The summed E-state index contributed by atoms with van der Waals surface area (Å²) in [4.78, 5) is 13.3. The van der Waals surface area contributed by atoms with Gasteiger partial charge in [-0.05, 0) is 38.4 Å². The lowest BCUT2D eigenvalue weighted by atomic mass is 10.0. The first-order valence-electron chi connectivity index (χ1n) is 7.08. The van der Waals surface area contributed by atoms with Gasteiger partial charge in [0.15, 0.2) is 0 Å². The summed E-state index contributed by atoms with van der Waals surface area (Å²) in [7, 11) is 0. The third-order valence-electron chi connectivity index (χ3n) is 3.45. The number of hydrogen-bond acceptors (Lipinski definition) is 5. The van der Waals surface area contributed by atoms with Gasteiger partial charge >= 0.3 is 0 Å². The van der Waals surface area contributed by atoms with E-state index in [0.29, 0.717) is 6.04 Å². The molecular weight excluding hydrogens is 250 g/mol. The molecule has 3 rings (SSSR count). The van der Waals surface area contributed by atoms with Crippen LogP contribution in [0, 0.1) is 6.92 Å². The Balaban J connectivity index is 1.82. The molecule has 0 amide bonds. The van der Waals surface area contributed by atoms with Crippen molar-refractivity contribution in [2.45, 2.75) is 32.2 Å². The first-order chi connectivity index (χ1) is 9.81. The molecule has 2 aromatic heterocycles. The minimum absolute atomic E-state index is 0.342. The zero-order chi connectivity index (χ0) is 13.8. The van der Waals surface area contributed by atoms with Crippen LogP contribution in [0.5, 0.6) is 0 Å². The molecule has 3 heterocycles. The van der Waals surface area contributed by atoms with Crippen LogP contribution in [0.25, 0.3) is 0 Å². The Morgan fingerprint density at radius 1 is 1.20 bits per heavy atom. The number of nitrogens with zero attached hydrogens (tertiary/aromatic N) is 3. The van der Waals surface area contributed by atoms with Crippen molar-refractivity contribution in [3.63, 3.8) is 0 Å². The summed E-state index contributed by atoms with van der Waals surface area (Å²) >= 11 is 0. The Morgan fingerprint density at radius 3 is 2.90 bits per heavy atom. The number of nitrogens with one attached hydrogen (secondary N) is 2. The maximum atomic E-state index is 4.57. The van der Waals surface area contributed by atoms with Crippen LogP contribution >= 0.6 is 0 Å². The van der Waals surface area contributed by atoms with Gasteiger partial charge in [0.25, 0.3) is 0 Å². The number of hydrogen-bond donors (Lipinski definition) is 2. The van der Waals surface area contributed by atoms with Crippen molar-refractivity contribution in [1.82, 2.24) is 20.3 Å². The van der Waals surface area contributed by atoms with Gasteiger partial charge in [-0.3, -0.25) is 0 Å². The second-order valence-corrected chi connectivity index (χ2v) is 5.07. The third kappa shape index (κ3) is 3.11. The van der Waals surface area contributed by atoms with E-state index in [0.717, 1.165) is 36.1 Å². The quantitative estimate of drug-likeness (QED) is 0.897. The molecule has 1 aliphatic heterocycles. The molecule has 2 aromatic rings. The van der Waals surface area contributed by atoms with E-state index in [1.165, 1.54) is 12.8 Å². The lowest BCUT2D eigenvalue weighted by molar-refractivity contribution is 0.404. The third-order valence-corrected chi connectivity index (χ3v) is 3.45. The maximum Gasteiger partial charge on any atom is 0.135 e. The van der Waals surface area contributed by atoms with Crippen LogP contribution in [0.2, 0.25) is 0 Å². The average Bonchev–Trinajstić information content (AvgIpc) is 2.49. The maximum absolute atomic E-state index is 4.57. The lowest BCUT2D eigenvalue weighted by Crippen LogP contribution is -2.27. The first kappa shape index (κ1) is 13.0. The fourth-order valence-corrected chi connectivity index (χ4v) is 2.51. The molecule has 0 saturated carbocycles. The smallest absolute Gasteiger partial charge is 0.135 e. The second kappa shape index (κ2) is 5.96. The molecule has 2 N–H and O–H groups in total. The van der Waals surface area contributed by atoms with E-state index < -0.39 is 0 Å². The van der Waals surface area contributed by atoms with Gasteiger partial charge in [-0.25, -0.2) is 15.0 Å². The van der Waals surface area contributed by atoms with Crippen LogP contribution in [0.4, 0.5) is 11.6 Å². The van der Waals surface area contributed by atoms with Gasteiger partial charge in [0.05, 0.1) is 5.69 Å². The largest absolute Gasteiger partial charge is 0.325 e. The van der Waals surface area contributed by atoms with E-state index in [9.17, 15) is 0 Å². The molecule has 0 radical (unpaired) electrons. The van der Waals surface area contributed by atoms with Crippen LogP contribution < -0.4 is 10.6 Å². The van der Waals surface area contributed by atoms with Gasteiger partial charge in [-0.15, -0.1) is 0 Å². The molecule has 1 fully saturated rings. The van der Waals surface area contributed by atoms with Gasteiger partial charge in [-0.1, -0.05) is 12.5 Å². The van der Waals surface area contributed by atoms with Gasteiger partial charge < -0.3 is 10.6 Å². The highest BCUT2D eigenvalue weighted by atomic mass is 15.1. The van der Waals surface area contributed by atoms with E-state index in [4.69, 9.17) is 0 Å². The Bertz CT molecular complexity index is 564. The van der Waals surface area contributed by atoms with E-state index in [1.807, 2.05) is 31.2 Å². The monoisotopic (exact) mass is 269 g/mol. The molecule has 0 bridgehead atoms. The topological polar surface area (TPSA) is 62.7 Å². The van der Waals surface area contributed by atoms with E-state index in [2.05, 4.69) is 25.6 Å². The lowest BCUT2D eigenvalue weighted by Gasteiger charge is -2.23. The highest BCUT2D eigenvalue weighted by molar-refractivity contribution is 5.51. The SMILES string of the molecule is Cc1nc(Nc2ccccn2)cc(C2CCCCN2)n1. The normalized spacial score (nSPS) is 18.8. The van der Waals surface area contributed by atoms with Crippen LogP contribution in [-0.2, 0) is 0 Å². The van der Waals surface area contributed by atoms with Gasteiger partial charge in [0.2, 0.25) is 0 Å². The van der Waals surface area contributed by atoms with Crippen molar-refractivity contribution in [1.29, 1.82) is 0 Å². The average molecular weight is 269 g/mol. The van der Waals surface area contributed by atoms with Gasteiger partial charge in [-0.2, -0.15) is 0 Å². The van der Waals surface area contributed by atoms with Crippen molar-refractivity contribution in [3.05, 3.63) is 42.0 Å². The van der Waals surface area contributed by atoms with Gasteiger partial charge in [0, 0.05) is 18.3 Å². The molecular formula is C15H19N5. The summed E-state index contributed by atoms with van der Waals surface area (Å²) in [5, 5.41) is 6.75. The summed E-state index contributed by atoms with van der Waals surface area (Å²) in [6, 6.07) is 8.14. The first-order valence-corrected chi connectivity index (χ1v) is 7.08. The Kier molecular flexibility index (Phi) is 3.87. The molecule has 1 saturated heterocycles. The summed E-state index contributed by atoms with van der Waals surface area (Å²) in [6.45, 7) is 2.99. The predicted octanol–water partition coefficient (Wildman–Crippen LogP) is 2.74. The van der Waals surface area contributed by atoms with Crippen molar-refractivity contribution < 1.29 is 0 Å². The number of rotatable bonds is 3. The number of pyridine rings is 1. The van der Waals surface area contributed by atoms with Crippen molar-refractivity contribution in [3.8, 4) is 0 Å². The molecule has 5 heteroatoms. The van der Waals surface area contributed by atoms with Gasteiger partial charge in [0.1, 0.15) is 17.5 Å². The van der Waals surface area contributed by atoms with Crippen molar-refractivity contribution in [2.75, 3.05) is 11.9 Å². The van der Waals surface area contributed by atoms with E-state index >= 15 is 0 Å². The highest BCUT2D eigenvalue weighted by Gasteiger charge is 2.17. The Hall–Kier alpha value is -2.01. The standard InChI is InChI=1S/C15H19N5/c1-11-18-13(12-6-2-4-8-16-12)10-15(19-11)20-14-7-3-5-9-17-14/h3,5,7,9-10,12,16H,2,4,6,8H2,1H3,(H,17,18,19,20). The number of piperidine rings is 1. The molecule has 1 atom stereocenters. The second-order valence-electron chi connectivity index (χ2n) is 5.07. The fraction of sp³-hybridized carbons (Fsp3) is 0.400. The molecule has 0 aromatic carbocycles. The Morgan fingerprint density at radius 2 is 2.15 bits per heavy atom. The van der Waals surface area contributed by atoms with Crippen LogP contribution in [-0.4, -0.2) is 21.5 Å². The molecule has 1 aliphatic rings. The van der Waals surface area contributed by atoms with Crippen LogP contribution in [0.1, 0.15) is 36.8 Å². The summed E-state index contributed by atoms with van der Waals surface area (Å²) < 4.78 is 0. The summed E-state index contributed by atoms with van der Waals surface area (Å²) in [5.74, 6) is 2.39. The van der Waals surface area contributed by atoms with Crippen LogP contribution in [0.15, 0.2) is 30.5 Å². The minimum Gasteiger partial charge on any atom is -0.325 e. The van der Waals surface area contributed by atoms with E-state index in [-0.39, 0.29) is 0 Å². The predicted molar refractivity (Wildman–Crippen MR) is 78.9 cm³/mol. The highest BCUT2D eigenvalue weighted by Crippen LogP contribution is 2.23. The zero-order valence-electron chi connectivity index (χ0n) is 11.6. The summed E-state index contributed by atoms with van der Waals surface area (Å²) in [5.41, 5.74) is 1.07. The Labute approximate surface area is 118 Å². The van der Waals surface area contributed by atoms with E-state index in [1.54, 1.807) is 6.20 Å².